The van der Waals surface area contributed by atoms with Crippen molar-refractivity contribution in [1.29, 1.82) is 0 Å². The molecule has 0 aliphatic rings. The van der Waals surface area contributed by atoms with Gasteiger partial charge >= 0.3 is 0 Å². The van der Waals surface area contributed by atoms with Gasteiger partial charge in [-0.2, -0.15) is 0 Å². The number of hydrogen-bond acceptors (Lipinski definition) is 4. The Morgan fingerprint density at radius 2 is 2.10 bits per heavy atom. The number of hydrogen-bond donors (Lipinski definition) is 2. The van der Waals surface area contributed by atoms with Gasteiger partial charge in [-0.1, -0.05) is 48.9 Å². The Hall–Kier alpha value is -1.72. The van der Waals surface area contributed by atoms with E-state index in [0.29, 0.717) is 19.1 Å². The molecule has 5 heteroatoms. The number of aliphatic hydroxyl groups is 1. The van der Waals surface area contributed by atoms with Gasteiger partial charge in [-0.05, 0) is 12.0 Å². The summed E-state index contributed by atoms with van der Waals surface area (Å²) in [7, 11) is 0. The first-order valence-electron chi connectivity index (χ1n) is 7.11. The van der Waals surface area contributed by atoms with Crippen molar-refractivity contribution in [2.24, 2.45) is 0 Å². The van der Waals surface area contributed by atoms with Crippen LogP contribution in [0.1, 0.15) is 37.1 Å². The van der Waals surface area contributed by atoms with Gasteiger partial charge in [0.1, 0.15) is 0 Å². The summed E-state index contributed by atoms with van der Waals surface area (Å²) in [6.07, 6.45) is 4.09. The van der Waals surface area contributed by atoms with Gasteiger partial charge in [0.25, 0.3) is 0 Å². The Bertz CT molecular complexity index is 498. The summed E-state index contributed by atoms with van der Waals surface area (Å²) in [4.78, 5) is 0. The quantitative estimate of drug-likeness (QED) is 0.772. The van der Waals surface area contributed by atoms with Crippen molar-refractivity contribution in [3.8, 4) is 0 Å². The zero-order valence-corrected chi connectivity index (χ0v) is 11.9. The first-order chi connectivity index (χ1) is 9.83. The lowest BCUT2D eigenvalue weighted by atomic mass is 10.0. The molecular formula is C15H22N4O. The van der Waals surface area contributed by atoms with Gasteiger partial charge in [0.15, 0.2) is 0 Å². The van der Waals surface area contributed by atoms with E-state index in [-0.39, 0.29) is 6.61 Å². The van der Waals surface area contributed by atoms with E-state index >= 15 is 0 Å². The molecule has 5 nitrogen and oxygen atoms in total. The molecule has 0 aliphatic heterocycles. The molecule has 0 amide bonds. The summed E-state index contributed by atoms with van der Waals surface area (Å²) in [5.41, 5.74) is 2.20. The van der Waals surface area contributed by atoms with E-state index in [1.165, 1.54) is 5.56 Å². The van der Waals surface area contributed by atoms with Crippen LogP contribution in [-0.2, 0) is 13.1 Å². The molecule has 0 saturated carbocycles. The summed E-state index contributed by atoms with van der Waals surface area (Å²) < 4.78 is 1.66. The van der Waals surface area contributed by atoms with Gasteiger partial charge in [0.05, 0.1) is 18.8 Å². The van der Waals surface area contributed by atoms with Crippen LogP contribution in [0.4, 0.5) is 0 Å². The summed E-state index contributed by atoms with van der Waals surface area (Å²) in [5, 5.41) is 20.5. The summed E-state index contributed by atoms with van der Waals surface area (Å²) in [6, 6.07) is 10.8. The number of nitrogens with one attached hydrogen (secondary N) is 1. The van der Waals surface area contributed by atoms with Crippen LogP contribution in [0, 0.1) is 0 Å². The van der Waals surface area contributed by atoms with Gasteiger partial charge in [-0.15, -0.1) is 5.10 Å². The molecule has 0 radical (unpaired) electrons. The fourth-order valence-corrected chi connectivity index (χ4v) is 2.22. The minimum Gasteiger partial charge on any atom is -0.394 e. The van der Waals surface area contributed by atoms with Crippen molar-refractivity contribution < 1.29 is 5.11 Å². The second kappa shape index (κ2) is 7.77. The lowest BCUT2D eigenvalue weighted by Crippen LogP contribution is -2.21. The average Bonchev–Trinajstić information content (AvgIpc) is 2.92. The fourth-order valence-electron chi connectivity index (χ4n) is 2.22. The van der Waals surface area contributed by atoms with Crippen molar-refractivity contribution in [1.82, 2.24) is 20.3 Å². The molecule has 1 unspecified atom stereocenters. The maximum Gasteiger partial charge on any atom is 0.0965 e. The molecule has 1 atom stereocenters. The Kier molecular flexibility index (Phi) is 5.70. The second-order valence-corrected chi connectivity index (χ2v) is 4.83. The van der Waals surface area contributed by atoms with Crippen LogP contribution in [0.5, 0.6) is 0 Å². The molecule has 0 saturated heterocycles. The Morgan fingerprint density at radius 1 is 1.30 bits per heavy atom. The van der Waals surface area contributed by atoms with Crippen LogP contribution in [0.25, 0.3) is 0 Å². The van der Waals surface area contributed by atoms with Crippen LogP contribution >= 0.6 is 0 Å². The molecule has 2 aromatic rings. The largest absolute Gasteiger partial charge is 0.394 e. The lowest BCUT2D eigenvalue weighted by Gasteiger charge is -2.17. The van der Waals surface area contributed by atoms with Crippen molar-refractivity contribution in [3.05, 3.63) is 47.8 Å². The molecule has 2 N–H and O–H groups in total. The summed E-state index contributed by atoms with van der Waals surface area (Å²) in [5.74, 6) is 0. The van der Waals surface area contributed by atoms with E-state index in [4.69, 9.17) is 5.11 Å². The SMILES string of the molecule is CCCC(NCc1cn(CCO)nn1)c1ccccc1. The zero-order valence-electron chi connectivity index (χ0n) is 11.9. The molecule has 1 aromatic carbocycles. The molecular weight excluding hydrogens is 252 g/mol. The molecule has 1 heterocycles. The van der Waals surface area contributed by atoms with E-state index in [9.17, 15) is 0 Å². The standard InChI is InChI=1S/C15H22N4O/c1-2-6-15(13-7-4-3-5-8-13)16-11-14-12-19(9-10-20)18-17-14/h3-5,7-8,12,15-16,20H,2,6,9-11H2,1H3. The average molecular weight is 274 g/mol. The molecule has 0 spiro atoms. The summed E-state index contributed by atoms with van der Waals surface area (Å²) in [6.45, 7) is 3.45. The molecule has 20 heavy (non-hydrogen) atoms. The highest BCUT2D eigenvalue weighted by Crippen LogP contribution is 2.18. The van der Waals surface area contributed by atoms with Crippen LogP contribution < -0.4 is 5.32 Å². The number of benzene rings is 1. The molecule has 1 aromatic heterocycles. The highest BCUT2D eigenvalue weighted by atomic mass is 16.3. The minimum absolute atomic E-state index is 0.0820. The van der Waals surface area contributed by atoms with Crippen molar-refractivity contribution >= 4 is 0 Å². The Labute approximate surface area is 119 Å². The smallest absolute Gasteiger partial charge is 0.0965 e. The van der Waals surface area contributed by atoms with E-state index < -0.39 is 0 Å². The first-order valence-corrected chi connectivity index (χ1v) is 7.11. The van der Waals surface area contributed by atoms with Crippen LogP contribution in [0.2, 0.25) is 0 Å². The van der Waals surface area contributed by atoms with Gasteiger partial charge < -0.3 is 10.4 Å². The maximum atomic E-state index is 8.86. The van der Waals surface area contributed by atoms with Crippen LogP contribution in [-0.4, -0.2) is 26.7 Å². The molecule has 0 aliphatic carbocycles. The van der Waals surface area contributed by atoms with Gasteiger partial charge in [-0.3, -0.25) is 0 Å². The fraction of sp³-hybridized carbons (Fsp3) is 0.467. The van der Waals surface area contributed by atoms with E-state index in [1.54, 1.807) is 4.68 Å². The van der Waals surface area contributed by atoms with E-state index in [1.807, 2.05) is 12.3 Å². The van der Waals surface area contributed by atoms with Crippen molar-refractivity contribution in [2.45, 2.75) is 38.9 Å². The molecule has 0 bridgehead atoms. The number of rotatable bonds is 8. The van der Waals surface area contributed by atoms with E-state index in [0.717, 1.165) is 18.5 Å². The Balaban J connectivity index is 1.94. The third kappa shape index (κ3) is 4.15. The van der Waals surface area contributed by atoms with Crippen molar-refractivity contribution in [3.63, 3.8) is 0 Å². The first kappa shape index (κ1) is 14.7. The normalized spacial score (nSPS) is 12.5. The van der Waals surface area contributed by atoms with Crippen LogP contribution in [0.15, 0.2) is 36.5 Å². The summed E-state index contributed by atoms with van der Waals surface area (Å²) >= 11 is 0. The third-order valence-corrected chi connectivity index (χ3v) is 3.22. The lowest BCUT2D eigenvalue weighted by molar-refractivity contribution is 0.268. The number of aromatic nitrogens is 3. The van der Waals surface area contributed by atoms with Crippen molar-refractivity contribution in [2.75, 3.05) is 6.61 Å². The topological polar surface area (TPSA) is 63.0 Å². The molecule has 0 fully saturated rings. The second-order valence-electron chi connectivity index (χ2n) is 4.83. The predicted molar refractivity (Wildman–Crippen MR) is 78.0 cm³/mol. The third-order valence-electron chi connectivity index (χ3n) is 3.22. The number of nitrogens with zero attached hydrogens (tertiary/aromatic N) is 3. The van der Waals surface area contributed by atoms with Gasteiger partial charge in [0, 0.05) is 18.8 Å². The maximum absolute atomic E-state index is 8.86. The van der Waals surface area contributed by atoms with E-state index in [2.05, 4.69) is 46.8 Å². The molecule has 2 rings (SSSR count). The predicted octanol–water partition coefficient (Wildman–Crippen LogP) is 1.90. The minimum atomic E-state index is 0.0820. The van der Waals surface area contributed by atoms with Crippen LogP contribution in [0.3, 0.4) is 0 Å². The highest BCUT2D eigenvalue weighted by molar-refractivity contribution is 5.18. The number of aliphatic hydroxyl groups excluding tert-OH is 1. The highest BCUT2D eigenvalue weighted by Gasteiger charge is 2.10. The van der Waals surface area contributed by atoms with Gasteiger partial charge in [-0.25, -0.2) is 4.68 Å². The Morgan fingerprint density at radius 3 is 2.80 bits per heavy atom. The monoisotopic (exact) mass is 274 g/mol. The molecule has 108 valence electrons. The zero-order chi connectivity index (χ0) is 14.2. The van der Waals surface area contributed by atoms with Gasteiger partial charge in [0.2, 0.25) is 0 Å².